The number of hydrogen-bond donors (Lipinski definition) is 2. The summed E-state index contributed by atoms with van der Waals surface area (Å²) in [4.78, 5) is 24.4. The molecule has 0 aromatic heterocycles. The summed E-state index contributed by atoms with van der Waals surface area (Å²) in [7, 11) is 0. The van der Waals surface area contributed by atoms with Crippen molar-refractivity contribution >= 4 is 23.8 Å². The average Bonchev–Trinajstić information content (AvgIpc) is 3.02. The summed E-state index contributed by atoms with van der Waals surface area (Å²) in [6, 6.07) is -0.901. The zero-order valence-electron chi connectivity index (χ0n) is 9.89. The predicted octanol–water partition coefficient (Wildman–Crippen LogP) is 0.854. The van der Waals surface area contributed by atoms with Crippen LogP contribution in [0.5, 0.6) is 0 Å². The molecule has 6 heteroatoms. The van der Waals surface area contributed by atoms with E-state index in [0.29, 0.717) is 30.7 Å². The van der Waals surface area contributed by atoms with Gasteiger partial charge in [0.15, 0.2) is 0 Å². The van der Waals surface area contributed by atoms with Crippen LogP contribution in [0.25, 0.3) is 0 Å². The quantitative estimate of drug-likeness (QED) is 0.787. The van der Waals surface area contributed by atoms with E-state index in [1.54, 1.807) is 11.8 Å². The van der Waals surface area contributed by atoms with Crippen molar-refractivity contribution in [2.24, 2.45) is 11.8 Å². The van der Waals surface area contributed by atoms with Crippen LogP contribution in [0.4, 0.5) is 4.79 Å². The molecule has 2 fully saturated rings. The molecule has 1 saturated carbocycles. The van der Waals surface area contributed by atoms with Gasteiger partial charge in [-0.05, 0) is 18.3 Å². The van der Waals surface area contributed by atoms with Crippen molar-refractivity contribution in [3.63, 3.8) is 0 Å². The summed E-state index contributed by atoms with van der Waals surface area (Å²) in [6.45, 7) is 3.36. The number of hydrogen-bond acceptors (Lipinski definition) is 3. The Labute approximate surface area is 105 Å². The minimum Gasteiger partial charge on any atom is -0.480 e. The Morgan fingerprint density at radius 1 is 1.53 bits per heavy atom. The topological polar surface area (TPSA) is 69.6 Å². The number of amides is 2. The van der Waals surface area contributed by atoms with Crippen LogP contribution in [0.3, 0.4) is 0 Å². The van der Waals surface area contributed by atoms with Gasteiger partial charge < -0.3 is 15.3 Å². The zero-order valence-corrected chi connectivity index (χ0v) is 10.7. The Bertz CT molecular complexity index is 324. The van der Waals surface area contributed by atoms with Crippen LogP contribution in [-0.2, 0) is 4.79 Å². The largest absolute Gasteiger partial charge is 0.480 e. The highest BCUT2D eigenvalue weighted by atomic mass is 32.2. The fraction of sp³-hybridized carbons (Fsp3) is 0.818. The van der Waals surface area contributed by atoms with Crippen molar-refractivity contribution in [3.8, 4) is 0 Å². The van der Waals surface area contributed by atoms with Crippen LogP contribution in [0.1, 0.15) is 13.3 Å². The molecule has 2 aliphatic rings. The number of rotatable bonds is 3. The predicted molar refractivity (Wildman–Crippen MR) is 66.1 cm³/mol. The Hall–Kier alpha value is -0.910. The number of nitrogens with one attached hydrogen (secondary N) is 1. The third-order valence-corrected chi connectivity index (χ3v) is 4.49. The second-order valence-corrected chi connectivity index (χ2v) is 5.93. The second kappa shape index (κ2) is 5.16. The van der Waals surface area contributed by atoms with E-state index in [-0.39, 0.29) is 6.03 Å². The zero-order chi connectivity index (χ0) is 12.4. The van der Waals surface area contributed by atoms with Gasteiger partial charge in [-0.25, -0.2) is 9.59 Å². The number of carboxylic acids is 1. The van der Waals surface area contributed by atoms with E-state index in [1.165, 1.54) is 11.3 Å². The fourth-order valence-electron chi connectivity index (χ4n) is 2.05. The van der Waals surface area contributed by atoms with Crippen molar-refractivity contribution < 1.29 is 14.7 Å². The normalized spacial score (nSPS) is 32.1. The van der Waals surface area contributed by atoms with Gasteiger partial charge >= 0.3 is 12.0 Å². The molecule has 2 amide bonds. The first kappa shape index (κ1) is 12.5. The molecule has 1 saturated heterocycles. The molecule has 3 atom stereocenters. The maximum Gasteiger partial charge on any atom is 0.327 e. The lowest BCUT2D eigenvalue weighted by Crippen LogP contribution is -2.54. The highest BCUT2D eigenvalue weighted by Crippen LogP contribution is 2.36. The summed E-state index contributed by atoms with van der Waals surface area (Å²) in [5.41, 5.74) is 0. The maximum absolute atomic E-state index is 11.9. The summed E-state index contributed by atoms with van der Waals surface area (Å²) >= 11 is 1.59. The van der Waals surface area contributed by atoms with Crippen LogP contribution in [-0.4, -0.2) is 52.6 Å². The summed E-state index contributed by atoms with van der Waals surface area (Å²) in [6.07, 6.45) is 1.17. The minimum atomic E-state index is -0.910. The first-order valence-corrected chi connectivity index (χ1v) is 7.10. The molecule has 5 nitrogen and oxygen atoms in total. The van der Waals surface area contributed by atoms with Gasteiger partial charge in [-0.15, -0.1) is 0 Å². The van der Waals surface area contributed by atoms with Crippen LogP contribution in [0, 0.1) is 11.8 Å². The van der Waals surface area contributed by atoms with E-state index in [9.17, 15) is 9.59 Å². The molecule has 2 N–H and O–H groups in total. The Morgan fingerprint density at radius 3 is 2.82 bits per heavy atom. The van der Waals surface area contributed by atoms with Gasteiger partial charge in [0.05, 0.1) is 0 Å². The van der Waals surface area contributed by atoms with Gasteiger partial charge in [-0.1, -0.05) is 6.92 Å². The molecule has 1 aliphatic heterocycles. The molecule has 0 aromatic rings. The average molecular weight is 258 g/mol. The second-order valence-electron chi connectivity index (χ2n) is 4.78. The smallest absolute Gasteiger partial charge is 0.327 e. The summed E-state index contributed by atoms with van der Waals surface area (Å²) in [5, 5.41) is 11.9. The Kier molecular flexibility index (Phi) is 3.81. The third kappa shape index (κ3) is 3.06. The van der Waals surface area contributed by atoms with Gasteiger partial charge in [0, 0.05) is 24.6 Å². The van der Waals surface area contributed by atoms with Crippen LogP contribution in [0.15, 0.2) is 0 Å². The molecule has 0 bridgehead atoms. The maximum atomic E-state index is 11.9. The van der Waals surface area contributed by atoms with Crippen LogP contribution in [0.2, 0.25) is 0 Å². The van der Waals surface area contributed by atoms with Crippen LogP contribution < -0.4 is 5.32 Å². The molecule has 96 valence electrons. The van der Waals surface area contributed by atoms with Gasteiger partial charge in [0.1, 0.15) is 6.04 Å². The fourth-order valence-corrected chi connectivity index (χ4v) is 3.09. The van der Waals surface area contributed by atoms with E-state index < -0.39 is 12.0 Å². The summed E-state index contributed by atoms with van der Waals surface area (Å²) < 4.78 is 0. The van der Waals surface area contributed by atoms with Gasteiger partial charge in [0.2, 0.25) is 0 Å². The molecule has 1 heterocycles. The Morgan fingerprint density at radius 2 is 2.24 bits per heavy atom. The monoisotopic (exact) mass is 258 g/mol. The Balaban J connectivity index is 1.84. The van der Waals surface area contributed by atoms with Gasteiger partial charge in [-0.3, -0.25) is 0 Å². The van der Waals surface area contributed by atoms with Crippen molar-refractivity contribution in [2.75, 3.05) is 24.6 Å². The van der Waals surface area contributed by atoms with Crippen molar-refractivity contribution in [3.05, 3.63) is 0 Å². The molecule has 0 aromatic carbocycles. The molecule has 2 rings (SSSR count). The lowest BCUT2D eigenvalue weighted by molar-refractivity contribution is -0.141. The highest BCUT2D eigenvalue weighted by Gasteiger charge is 2.35. The molecule has 3 unspecified atom stereocenters. The molecule has 0 radical (unpaired) electrons. The first-order valence-electron chi connectivity index (χ1n) is 5.94. The van der Waals surface area contributed by atoms with Crippen molar-refractivity contribution in [2.45, 2.75) is 19.4 Å². The van der Waals surface area contributed by atoms with E-state index in [2.05, 4.69) is 12.2 Å². The molecule has 17 heavy (non-hydrogen) atoms. The van der Waals surface area contributed by atoms with E-state index in [1.807, 2.05) is 0 Å². The van der Waals surface area contributed by atoms with E-state index in [4.69, 9.17) is 5.11 Å². The summed E-state index contributed by atoms with van der Waals surface area (Å²) in [5.74, 6) is 1.68. The SMILES string of the molecule is CC1CC1CNC(=O)N1CCSCC1C(=O)O. The third-order valence-electron chi connectivity index (χ3n) is 3.47. The number of carbonyl (C=O) groups excluding carboxylic acids is 1. The number of carbonyl (C=O) groups is 2. The van der Waals surface area contributed by atoms with Gasteiger partial charge in [0.25, 0.3) is 0 Å². The molecule has 1 aliphatic carbocycles. The standard InChI is InChI=1S/C11H18N2O3S/c1-7-4-8(7)5-12-11(16)13-2-3-17-6-9(13)10(14)15/h7-9H,2-6H2,1H3,(H,12,16)(H,14,15). The van der Waals surface area contributed by atoms with Crippen molar-refractivity contribution in [1.82, 2.24) is 10.2 Å². The number of thioether (sulfide) groups is 1. The lowest BCUT2D eigenvalue weighted by atomic mass is 10.3. The van der Waals surface area contributed by atoms with Gasteiger partial charge in [-0.2, -0.15) is 11.8 Å². The lowest BCUT2D eigenvalue weighted by Gasteiger charge is -2.32. The van der Waals surface area contributed by atoms with E-state index >= 15 is 0 Å². The number of carboxylic acid groups (broad SMARTS) is 1. The highest BCUT2D eigenvalue weighted by molar-refractivity contribution is 7.99. The molecular weight excluding hydrogens is 240 g/mol. The minimum absolute atomic E-state index is 0.225. The molecule has 0 spiro atoms. The van der Waals surface area contributed by atoms with Crippen LogP contribution >= 0.6 is 11.8 Å². The molecular formula is C11H18N2O3S. The van der Waals surface area contributed by atoms with Crippen molar-refractivity contribution in [1.29, 1.82) is 0 Å². The number of urea groups is 1. The van der Waals surface area contributed by atoms with E-state index in [0.717, 1.165) is 5.75 Å². The number of aliphatic carboxylic acids is 1. The number of nitrogens with zero attached hydrogens (tertiary/aromatic N) is 1. The first-order chi connectivity index (χ1) is 8.09.